The molecule has 30 heavy (non-hydrogen) atoms. The molecule has 0 saturated carbocycles. The maximum Gasteiger partial charge on any atom is 0.338 e. The fourth-order valence-corrected chi connectivity index (χ4v) is 3.30. The summed E-state index contributed by atoms with van der Waals surface area (Å²) in [4.78, 5) is 49.7. The molecule has 0 spiro atoms. The van der Waals surface area contributed by atoms with Crippen LogP contribution in [0.3, 0.4) is 0 Å². The van der Waals surface area contributed by atoms with Crippen LogP contribution < -0.4 is 10.2 Å². The first kappa shape index (κ1) is 21.2. The molecule has 1 aliphatic rings. The standard InChI is InChI=1S/C23H24N2O5/c1-16(26)20(14-17-6-3-2-4-7-17)24-21(27)15-30-23(29)18-9-11-19(12-10-18)25-13-5-8-22(25)28/h2-4,6-7,9-12,20H,5,8,13-15H2,1H3,(H,24,27)/t20-/m1/s1. The van der Waals surface area contributed by atoms with Crippen molar-refractivity contribution in [1.29, 1.82) is 0 Å². The molecule has 1 atom stereocenters. The quantitative estimate of drug-likeness (QED) is 0.677. The minimum absolute atomic E-state index is 0.0672. The molecule has 0 aliphatic carbocycles. The van der Waals surface area contributed by atoms with Crippen molar-refractivity contribution in [1.82, 2.24) is 5.32 Å². The van der Waals surface area contributed by atoms with E-state index in [1.54, 1.807) is 29.2 Å². The second-order valence-corrected chi connectivity index (χ2v) is 7.19. The highest BCUT2D eigenvalue weighted by atomic mass is 16.5. The Labute approximate surface area is 175 Å². The van der Waals surface area contributed by atoms with Gasteiger partial charge in [0.2, 0.25) is 5.91 Å². The van der Waals surface area contributed by atoms with Crippen LogP contribution in [0.1, 0.15) is 35.7 Å². The van der Waals surface area contributed by atoms with Crippen LogP contribution in [-0.4, -0.2) is 42.8 Å². The lowest BCUT2D eigenvalue weighted by Crippen LogP contribution is -2.43. The van der Waals surface area contributed by atoms with Crippen molar-refractivity contribution < 1.29 is 23.9 Å². The molecule has 1 heterocycles. The van der Waals surface area contributed by atoms with Gasteiger partial charge >= 0.3 is 5.97 Å². The molecule has 1 fully saturated rings. The van der Waals surface area contributed by atoms with E-state index in [2.05, 4.69) is 5.32 Å². The maximum absolute atomic E-state index is 12.2. The number of benzene rings is 2. The Morgan fingerprint density at radius 3 is 2.37 bits per heavy atom. The van der Waals surface area contributed by atoms with Crippen molar-refractivity contribution in [3.63, 3.8) is 0 Å². The summed E-state index contributed by atoms with van der Waals surface area (Å²) in [5, 5.41) is 2.61. The highest BCUT2D eigenvalue weighted by Crippen LogP contribution is 2.21. The Bertz CT molecular complexity index is 924. The Hall–Kier alpha value is -3.48. The van der Waals surface area contributed by atoms with Crippen LogP contribution in [0.5, 0.6) is 0 Å². The van der Waals surface area contributed by atoms with Gasteiger partial charge < -0.3 is 15.0 Å². The number of Topliss-reactive ketones (excluding diaryl/α,β-unsaturated/α-hetero) is 1. The number of esters is 1. The summed E-state index contributed by atoms with van der Waals surface area (Å²) in [5.74, 6) is -1.30. The van der Waals surface area contributed by atoms with Crippen LogP contribution in [0.4, 0.5) is 5.69 Å². The number of amides is 2. The Kier molecular flexibility index (Phi) is 6.95. The van der Waals surface area contributed by atoms with Gasteiger partial charge in [-0.1, -0.05) is 30.3 Å². The summed E-state index contributed by atoms with van der Waals surface area (Å²) in [6.45, 7) is 1.60. The lowest BCUT2D eigenvalue weighted by atomic mass is 10.0. The summed E-state index contributed by atoms with van der Waals surface area (Å²) < 4.78 is 5.06. The highest BCUT2D eigenvalue weighted by molar-refractivity contribution is 5.96. The van der Waals surface area contributed by atoms with Gasteiger partial charge in [-0.3, -0.25) is 14.4 Å². The van der Waals surface area contributed by atoms with E-state index < -0.39 is 24.5 Å². The van der Waals surface area contributed by atoms with Gasteiger partial charge in [0.05, 0.1) is 11.6 Å². The number of nitrogens with one attached hydrogen (secondary N) is 1. The number of hydrogen-bond donors (Lipinski definition) is 1. The fraction of sp³-hybridized carbons (Fsp3) is 0.304. The van der Waals surface area contributed by atoms with E-state index in [4.69, 9.17) is 4.74 Å². The fourth-order valence-electron chi connectivity index (χ4n) is 3.30. The van der Waals surface area contributed by atoms with Crippen molar-refractivity contribution in [2.24, 2.45) is 0 Å². The third kappa shape index (κ3) is 5.53. The first-order valence-electron chi connectivity index (χ1n) is 9.85. The monoisotopic (exact) mass is 408 g/mol. The molecule has 7 nitrogen and oxygen atoms in total. The zero-order chi connectivity index (χ0) is 21.5. The lowest BCUT2D eigenvalue weighted by molar-refractivity contribution is -0.128. The lowest BCUT2D eigenvalue weighted by Gasteiger charge is -2.16. The van der Waals surface area contributed by atoms with E-state index in [0.29, 0.717) is 19.4 Å². The van der Waals surface area contributed by atoms with Gasteiger partial charge in [-0.15, -0.1) is 0 Å². The summed E-state index contributed by atoms with van der Waals surface area (Å²) in [6.07, 6.45) is 1.72. The number of carbonyl (C=O) groups is 4. The Morgan fingerprint density at radius 1 is 1.07 bits per heavy atom. The SMILES string of the molecule is CC(=O)[C@@H](Cc1ccccc1)NC(=O)COC(=O)c1ccc(N2CCCC2=O)cc1. The number of anilines is 1. The second-order valence-electron chi connectivity index (χ2n) is 7.19. The summed E-state index contributed by atoms with van der Waals surface area (Å²) in [5.41, 5.74) is 1.94. The topological polar surface area (TPSA) is 92.8 Å². The molecule has 0 radical (unpaired) electrons. The maximum atomic E-state index is 12.2. The molecule has 1 N–H and O–H groups in total. The zero-order valence-electron chi connectivity index (χ0n) is 16.8. The molecule has 156 valence electrons. The average molecular weight is 408 g/mol. The molecular formula is C23H24N2O5. The first-order valence-corrected chi connectivity index (χ1v) is 9.85. The molecule has 2 aromatic rings. The third-order valence-electron chi connectivity index (χ3n) is 4.93. The molecule has 0 unspecified atom stereocenters. The van der Waals surface area contributed by atoms with E-state index in [0.717, 1.165) is 17.7 Å². The van der Waals surface area contributed by atoms with Gasteiger partial charge in [0.1, 0.15) is 0 Å². The molecule has 2 aromatic carbocycles. The minimum atomic E-state index is -0.684. The van der Waals surface area contributed by atoms with E-state index in [-0.39, 0.29) is 17.3 Å². The molecule has 2 amide bonds. The van der Waals surface area contributed by atoms with Crippen LogP contribution in [0.25, 0.3) is 0 Å². The number of ether oxygens (including phenoxy) is 1. The zero-order valence-corrected chi connectivity index (χ0v) is 16.8. The van der Waals surface area contributed by atoms with Gasteiger partial charge in [0.25, 0.3) is 5.91 Å². The van der Waals surface area contributed by atoms with Crippen molar-refractivity contribution in [2.75, 3.05) is 18.1 Å². The number of carbonyl (C=O) groups excluding carboxylic acids is 4. The minimum Gasteiger partial charge on any atom is -0.452 e. The molecule has 1 aliphatic heterocycles. The number of rotatable bonds is 8. The predicted octanol–water partition coefficient (Wildman–Crippen LogP) is 2.29. The first-order chi connectivity index (χ1) is 14.4. The van der Waals surface area contributed by atoms with Gasteiger partial charge in [-0.05, 0) is 49.6 Å². The smallest absolute Gasteiger partial charge is 0.338 e. The number of hydrogen-bond acceptors (Lipinski definition) is 5. The van der Waals surface area contributed by atoms with E-state index in [1.807, 2.05) is 30.3 Å². The van der Waals surface area contributed by atoms with Crippen molar-refractivity contribution in [2.45, 2.75) is 32.2 Å². The largest absolute Gasteiger partial charge is 0.452 e. The van der Waals surface area contributed by atoms with E-state index in [9.17, 15) is 19.2 Å². The molecular weight excluding hydrogens is 384 g/mol. The van der Waals surface area contributed by atoms with Crippen molar-refractivity contribution in [3.05, 3.63) is 65.7 Å². The van der Waals surface area contributed by atoms with E-state index in [1.165, 1.54) is 6.92 Å². The second kappa shape index (κ2) is 9.82. The van der Waals surface area contributed by atoms with Gasteiger partial charge in [-0.25, -0.2) is 4.79 Å². The Morgan fingerprint density at radius 2 is 1.77 bits per heavy atom. The number of ketones is 1. The average Bonchev–Trinajstić information content (AvgIpc) is 3.18. The molecule has 1 saturated heterocycles. The van der Waals surface area contributed by atoms with Gasteiger partial charge in [0, 0.05) is 18.7 Å². The van der Waals surface area contributed by atoms with Crippen LogP contribution >= 0.6 is 0 Å². The van der Waals surface area contributed by atoms with Gasteiger partial charge in [0.15, 0.2) is 12.4 Å². The predicted molar refractivity (Wildman–Crippen MR) is 111 cm³/mol. The third-order valence-corrected chi connectivity index (χ3v) is 4.93. The van der Waals surface area contributed by atoms with Crippen molar-refractivity contribution in [3.8, 4) is 0 Å². The number of nitrogens with zero attached hydrogens (tertiary/aromatic N) is 1. The summed E-state index contributed by atoms with van der Waals surface area (Å²) >= 11 is 0. The van der Waals surface area contributed by atoms with Crippen LogP contribution in [0, 0.1) is 0 Å². The highest BCUT2D eigenvalue weighted by Gasteiger charge is 2.22. The van der Waals surface area contributed by atoms with Crippen LogP contribution in [0.15, 0.2) is 54.6 Å². The molecule has 0 bridgehead atoms. The molecule has 0 aromatic heterocycles. The summed E-state index contributed by atoms with van der Waals surface area (Å²) in [7, 11) is 0. The van der Waals surface area contributed by atoms with Crippen LogP contribution in [0.2, 0.25) is 0 Å². The summed E-state index contributed by atoms with van der Waals surface area (Å²) in [6, 6.07) is 15.2. The molecule has 3 rings (SSSR count). The molecule has 7 heteroatoms. The Balaban J connectivity index is 1.51. The normalized spacial score (nSPS) is 14.3. The van der Waals surface area contributed by atoms with Gasteiger partial charge in [-0.2, -0.15) is 0 Å². The van der Waals surface area contributed by atoms with Crippen molar-refractivity contribution >= 4 is 29.3 Å². The van der Waals surface area contributed by atoms with E-state index >= 15 is 0 Å². The van der Waals surface area contributed by atoms with Crippen LogP contribution in [-0.2, 0) is 25.5 Å².